The van der Waals surface area contributed by atoms with Crippen molar-refractivity contribution in [3.8, 4) is 0 Å². The monoisotopic (exact) mass is 421 g/mol. The van der Waals surface area contributed by atoms with Crippen molar-refractivity contribution in [2.75, 3.05) is 57.5 Å². The summed E-state index contributed by atoms with van der Waals surface area (Å²) in [7, 11) is 3.98. The third-order valence-corrected chi connectivity index (χ3v) is 7.13. The van der Waals surface area contributed by atoms with Crippen LogP contribution in [0.15, 0.2) is 10.9 Å². The Morgan fingerprint density at radius 2 is 1.93 bits per heavy atom. The lowest BCUT2D eigenvalue weighted by Crippen LogP contribution is -2.47. The lowest BCUT2D eigenvalue weighted by molar-refractivity contribution is 0.121. The molecule has 4 heterocycles. The van der Waals surface area contributed by atoms with Crippen LogP contribution in [0.25, 0.3) is 0 Å². The highest BCUT2D eigenvalue weighted by Gasteiger charge is 2.19. The Labute approximate surface area is 173 Å². The van der Waals surface area contributed by atoms with Crippen molar-refractivity contribution in [1.29, 1.82) is 0 Å². The summed E-state index contributed by atoms with van der Waals surface area (Å²) in [4.78, 5) is 23.7. The summed E-state index contributed by atoms with van der Waals surface area (Å²) >= 11 is 3.33. The fourth-order valence-electron chi connectivity index (χ4n) is 3.51. The number of hydrogen-bond donors (Lipinski definition) is 0. The normalized spacial score (nSPS) is 18.2. The molecule has 2 aromatic rings. The van der Waals surface area contributed by atoms with Crippen LogP contribution in [0.5, 0.6) is 0 Å². The largest absolute Gasteiger partial charge is 0.353 e. The van der Waals surface area contributed by atoms with Gasteiger partial charge < -0.3 is 4.90 Å². The predicted molar refractivity (Wildman–Crippen MR) is 114 cm³/mol. The van der Waals surface area contributed by atoms with E-state index < -0.39 is 0 Å². The number of aromatic nitrogens is 4. The maximum Gasteiger partial charge on any atom is 0.267 e. The number of piperazine rings is 1. The number of rotatable bonds is 6. The van der Waals surface area contributed by atoms with Crippen LogP contribution >= 0.6 is 23.3 Å². The standard InChI is InChI=1S/C18H27N7OS2/c1-22(2)18-19-16(21-28-18)12-24-6-4-23(5-7-24)8-9-25-17(26)11-14-13-27-10-3-15(14)20-25/h11H,3-10,12-13H2,1-2H3. The van der Waals surface area contributed by atoms with E-state index in [1.54, 1.807) is 10.7 Å². The van der Waals surface area contributed by atoms with Crippen LogP contribution in [0.2, 0.25) is 0 Å². The van der Waals surface area contributed by atoms with Crippen LogP contribution < -0.4 is 10.5 Å². The fourth-order valence-corrected chi connectivity index (χ4v) is 5.06. The molecule has 0 N–H and O–H groups in total. The summed E-state index contributed by atoms with van der Waals surface area (Å²) in [6, 6.07) is 1.79. The molecule has 0 amide bonds. The maximum absolute atomic E-state index is 12.3. The van der Waals surface area contributed by atoms with Gasteiger partial charge in [0.15, 0.2) is 5.82 Å². The Morgan fingerprint density at radius 3 is 2.68 bits per heavy atom. The van der Waals surface area contributed by atoms with Crippen LogP contribution in [0.3, 0.4) is 0 Å². The molecule has 0 atom stereocenters. The van der Waals surface area contributed by atoms with Crippen LogP contribution in [-0.2, 0) is 25.3 Å². The van der Waals surface area contributed by atoms with E-state index in [1.165, 1.54) is 11.5 Å². The second-order valence-electron chi connectivity index (χ2n) is 7.49. The number of hydrogen-bond acceptors (Lipinski definition) is 9. The van der Waals surface area contributed by atoms with Crippen LogP contribution in [0.1, 0.15) is 17.1 Å². The third kappa shape index (κ3) is 4.73. The molecule has 0 unspecified atom stereocenters. The minimum Gasteiger partial charge on any atom is -0.353 e. The first-order chi connectivity index (χ1) is 13.6. The Balaban J connectivity index is 1.26. The Morgan fingerprint density at radius 1 is 1.14 bits per heavy atom. The summed E-state index contributed by atoms with van der Waals surface area (Å²) in [5.74, 6) is 2.93. The molecule has 1 saturated heterocycles. The first-order valence-electron chi connectivity index (χ1n) is 9.71. The summed E-state index contributed by atoms with van der Waals surface area (Å²) in [6.45, 7) is 6.34. The highest BCUT2D eigenvalue weighted by molar-refractivity contribution is 7.98. The minimum atomic E-state index is 0.0335. The number of thioether (sulfide) groups is 1. The molecule has 2 aromatic heterocycles. The summed E-state index contributed by atoms with van der Waals surface area (Å²) in [6.07, 6.45) is 0.971. The Kier molecular flexibility index (Phi) is 6.29. The lowest BCUT2D eigenvalue weighted by atomic mass is 10.2. The third-order valence-electron chi connectivity index (χ3n) is 5.20. The van der Waals surface area contributed by atoms with Crippen LogP contribution in [0.4, 0.5) is 5.13 Å². The maximum atomic E-state index is 12.3. The number of aryl methyl sites for hydroxylation is 1. The average Bonchev–Trinajstić information content (AvgIpc) is 3.16. The average molecular weight is 422 g/mol. The molecule has 0 aliphatic carbocycles. The zero-order chi connectivity index (χ0) is 19.5. The molecule has 10 heteroatoms. The van der Waals surface area contributed by atoms with E-state index in [-0.39, 0.29) is 5.56 Å². The number of nitrogens with zero attached hydrogens (tertiary/aromatic N) is 7. The fraction of sp³-hybridized carbons (Fsp3) is 0.667. The summed E-state index contributed by atoms with van der Waals surface area (Å²) in [5.41, 5.74) is 2.27. The number of fused-ring (bicyclic) bond motifs is 1. The highest BCUT2D eigenvalue weighted by Crippen LogP contribution is 2.21. The molecule has 152 valence electrons. The molecule has 0 bridgehead atoms. The lowest BCUT2D eigenvalue weighted by Gasteiger charge is -2.34. The topological polar surface area (TPSA) is 70.4 Å². The molecule has 0 radical (unpaired) electrons. The molecular formula is C18H27N7OS2. The van der Waals surface area contributed by atoms with Gasteiger partial charge in [-0.25, -0.2) is 9.67 Å². The minimum absolute atomic E-state index is 0.0335. The van der Waals surface area contributed by atoms with Crippen LogP contribution in [-0.4, -0.2) is 81.5 Å². The molecule has 4 rings (SSSR count). The van der Waals surface area contributed by atoms with Crippen molar-refractivity contribution in [3.63, 3.8) is 0 Å². The van der Waals surface area contributed by atoms with Gasteiger partial charge in [-0.15, -0.1) is 0 Å². The van der Waals surface area contributed by atoms with Crippen molar-refractivity contribution in [2.45, 2.75) is 25.3 Å². The molecule has 0 spiro atoms. The molecule has 1 fully saturated rings. The molecule has 28 heavy (non-hydrogen) atoms. The Bertz CT molecular complexity index is 858. The van der Waals surface area contributed by atoms with E-state index in [9.17, 15) is 4.79 Å². The van der Waals surface area contributed by atoms with Gasteiger partial charge in [0.05, 0.1) is 18.8 Å². The van der Waals surface area contributed by atoms with E-state index in [2.05, 4.69) is 24.3 Å². The number of anilines is 1. The van der Waals surface area contributed by atoms with E-state index >= 15 is 0 Å². The molecular weight excluding hydrogens is 394 g/mol. The summed E-state index contributed by atoms with van der Waals surface area (Å²) in [5, 5.41) is 5.57. The van der Waals surface area contributed by atoms with Gasteiger partial charge in [0, 0.05) is 76.6 Å². The highest BCUT2D eigenvalue weighted by atomic mass is 32.2. The zero-order valence-corrected chi connectivity index (χ0v) is 18.1. The second-order valence-corrected chi connectivity index (χ2v) is 9.32. The van der Waals surface area contributed by atoms with E-state index in [0.717, 1.165) is 79.4 Å². The second kappa shape index (κ2) is 8.89. The van der Waals surface area contributed by atoms with Crippen molar-refractivity contribution in [2.24, 2.45) is 0 Å². The van der Waals surface area contributed by atoms with Gasteiger partial charge in [-0.3, -0.25) is 14.6 Å². The summed E-state index contributed by atoms with van der Waals surface area (Å²) < 4.78 is 6.11. The molecule has 2 aliphatic rings. The van der Waals surface area contributed by atoms with Gasteiger partial charge in [0.25, 0.3) is 5.56 Å². The van der Waals surface area contributed by atoms with Crippen molar-refractivity contribution in [3.05, 3.63) is 33.5 Å². The van der Waals surface area contributed by atoms with Crippen LogP contribution in [0, 0.1) is 0 Å². The van der Waals surface area contributed by atoms with E-state index in [4.69, 9.17) is 0 Å². The van der Waals surface area contributed by atoms with E-state index in [1.807, 2.05) is 30.8 Å². The van der Waals surface area contributed by atoms with Gasteiger partial charge in [-0.05, 0) is 11.3 Å². The van der Waals surface area contributed by atoms with E-state index in [0.29, 0.717) is 6.54 Å². The zero-order valence-electron chi connectivity index (χ0n) is 16.5. The Hall–Kier alpha value is -1.49. The van der Waals surface area contributed by atoms with Crippen molar-refractivity contribution >= 4 is 28.4 Å². The molecule has 8 nitrogen and oxygen atoms in total. The van der Waals surface area contributed by atoms with Gasteiger partial charge >= 0.3 is 0 Å². The quantitative estimate of drug-likeness (QED) is 0.677. The van der Waals surface area contributed by atoms with Crippen molar-refractivity contribution in [1.82, 2.24) is 28.9 Å². The first-order valence-corrected chi connectivity index (χ1v) is 11.6. The van der Waals surface area contributed by atoms with Gasteiger partial charge in [0.2, 0.25) is 5.13 Å². The van der Waals surface area contributed by atoms with Gasteiger partial charge in [0.1, 0.15) is 0 Å². The molecule has 0 aromatic carbocycles. The predicted octanol–water partition coefficient (Wildman–Crippen LogP) is 0.768. The van der Waals surface area contributed by atoms with Gasteiger partial charge in [-0.2, -0.15) is 21.2 Å². The first kappa shape index (κ1) is 19.8. The van der Waals surface area contributed by atoms with Gasteiger partial charge in [-0.1, -0.05) is 0 Å². The molecule has 2 aliphatic heterocycles. The van der Waals surface area contributed by atoms with Crippen molar-refractivity contribution < 1.29 is 0 Å². The molecule has 0 saturated carbocycles. The smallest absolute Gasteiger partial charge is 0.267 e. The SMILES string of the molecule is CN(C)c1nc(CN2CCN(CCn3nc4c(cc3=O)CSCC4)CC2)ns1.